The Labute approximate surface area is 127 Å². The zero-order valence-corrected chi connectivity index (χ0v) is 12.6. The lowest BCUT2D eigenvalue weighted by molar-refractivity contribution is 0.560. The van der Waals surface area contributed by atoms with Crippen LogP contribution in [0.15, 0.2) is 74.8 Å². The number of rotatable bonds is 3. The van der Waals surface area contributed by atoms with Crippen LogP contribution in [0.2, 0.25) is 0 Å². The summed E-state index contributed by atoms with van der Waals surface area (Å²) >= 11 is 0. The number of anilines is 1. The monoisotopic (exact) mass is 315 g/mol. The highest BCUT2D eigenvalue weighted by Gasteiger charge is 2.21. The van der Waals surface area contributed by atoms with Crippen LogP contribution in [-0.2, 0) is 10.0 Å². The third kappa shape index (κ3) is 2.48. The number of benzene rings is 2. The summed E-state index contributed by atoms with van der Waals surface area (Å²) in [5.41, 5.74) is 0.459. The fourth-order valence-electron chi connectivity index (χ4n) is 2.15. The molecule has 22 heavy (non-hydrogen) atoms. The molecule has 1 heterocycles. The first-order valence-electron chi connectivity index (χ1n) is 6.56. The Morgan fingerprint density at radius 3 is 2.41 bits per heavy atom. The SMILES string of the molecule is CN(c1ccccc1)S(=O)(=O)c1ccc2oc(=O)ccc2c1. The van der Waals surface area contributed by atoms with Crippen molar-refractivity contribution in [3.8, 4) is 0 Å². The standard InChI is InChI=1S/C16H13NO4S/c1-17(13-5-3-2-4-6-13)22(19,20)14-8-9-15-12(11-14)7-10-16(18)21-15/h2-11H,1H3. The molecule has 0 aliphatic heterocycles. The van der Waals surface area contributed by atoms with E-state index in [9.17, 15) is 13.2 Å². The van der Waals surface area contributed by atoms with E-state index in [1.54, 1.807) is 30.3 Å². The molecular weight excluding hydrogens is 302 g/mol. The molecule has 0 amide bonds. The van der Waals surface area contributed by atoms with Crippen LogP contribution in [-0.4, -0.2) is 15.5 Å². The van der Waals surface area contributed by atoms with Crippen molar-refractivity contribution in [1.82, 2.24) is 0 Å². The maximum Gasteiger partial charge on any atom is 0.336 e. The molecule has 3 rings (SSSR count). The number of sulfonamides is 1. The van der Waals surface area contributed by atoms with Crippen LogP contribution >= 0.6 is 0 Å². The smallest absolute Gasteiger partial charge is 0.336 e. The molecule has 0 spiro atoms. The Hall–Kier alpha value is -2.60. The molecule has 5 nitrogen and oxygen atoms in total. The Kier molecular flexibility index (Phi) is 3.46. The summed E-state index contributed by atoms with van der Waals surface area (Å²) < 4.78 is 31.6. The number of hydrogen-bond donors (Lipinski definition) is 0. The van der Waals surface area contributed by atoms with Crippen LogP contribution < -0.4 is 9.93 Å². The molecule has 0 saturated carbocycles. The fraction of sp³-hybridized carbons (Fsp3) is 0.0625. The number of fused-ring (bicyclic) bond motifs is 1. The van der Waals surface area contributed by atoms with Crippen molar-refractivity contribution in [2.45, 2.75) is 4.90 Å². The molecule has 0 saturated heterocycles. The minimum atomic E-state index is -3.68. The van der Waals surface area contributed by atoms with E-state index in [1.807, 2.05) is 6.07 Å². The van der Waals surface area contributed by atoms with Crippen molar-refractivity contribution >= 4 is 26.7 Å². The lowest BCUT2D eigenvalue weighted by Crippen LogP contribution is -2.26. The lowest BCUT2D eigenvalue weighted by atomic mass is 10.2. The molecule has 0 bridgehead atoms. The molecule has 1 aromatic heterocycles. The molecule has 0 aliphatic rings. The fourth-order valence-corrected chi connectivity index (χ4v) is 3.38. The molecule has 0 atom stereocenters. The largest absolute Gasteiger partial charge is 0.423 e. The molecule has 0 unspecified atom stereocenters. The van der Waals surface area contributed by atoms with E-state index in [1.165, 1.54) is 35.6 Å². The van der Waals surface area contributed by atoms with Crippen molar-refractivity contribution in [2.75, 3.05) is 11.4 Å². The maximum absolute atomic E-state index is 12.7. The van der Waals surface area contributed by atoms with Gasteiger partial charge < -0.3 is 4.42 Å². The quantitative estimate of drug-likeness (QED) is 0.697. The Bertz CT molecular complexity index is 978. The second-order valence-corrected chi connectivity index (χ2v) is 6.73. The van der Waals surface area contributed by atoms with Gasteiger partial charge in [0.15, 0.2) is 0 Å². The van der Waals surface area contributed by atoms with Gasteiger partial charge in [0.05, 0.1) is 10.6 Å². The minimum absolute atomic E-state index is 0.139. The van der Waals surface area contributed by atoms with E-state index in [-0.39, 0.29) is 4.90 Å². The van der Waals surface area contributed by atoms with E-state index in [0.29, 0.717) is 16.7 Å². The van der Waals surface area contributed by atoms with Crippen molar-refractivity contribution in [2.24, 2.45) is 0 Å². The van der Waals surface area contributed by atoms with Gasteiger partial charge in [-0.2, -0.15) is 0 Å². The molecule has 6 heteroatoms. The van der Waals surface area contributed by atoms with Crippen LogP contribution in [0.3, 0.4) is 0 Å². The normalized spacial score (nSPS) is 11.5. The molecule has 0 N–H and O–H groups in total. The summed E-state index contributed by atoms with van der Waals surface area (Å²) in [7, 11) is -2.18. The second kappa shape index (κ2) is 5.31. The zero-order valence-electron chi connectivity index (χ0n) is 11.8. The topological polar surface area (TPSA) is 67.6 Å². The predicted molar refractivity (Wildman–Crippen MR) is 84.5 cm³/mol. The summed E-state index contributed by atoms with van der Waals surface area (Å²) in [6.07, 6.45) is 0. The summed E-state index contributed by atoms with van der Waals surface area (Å²) in [4.78, 5) is 11.3. The molecule has 2 aromatic carbocycles. The van der Waals surface area contributed by atoms with Crippen LogP contribution in [0.4, 0.5) is 5.69 Å². The van der Waals surface area contributed by atoms with Gasteiger partial charge in [-0.3, -0.25) is 4.31 Å². The summed E-state index contributed by atoms with van der Waals surface area (Å²) in [6, 6.07) is 16.0. The Morgan fingerprint density at radius 2 is 1.68 bits per heavy atom. The highest BCUT2D eigenvalue weighted by Crippen LogP contribution is 2.24. The van der Waals surface area contributed by atoms with Gasteiger partial charge in [0.1, 0.15) is 5.58 Å². The van der Waals surface area contributed by atoms with Gasteiger partial charge in [-0.25, -0.2) is 13.2 Å². The number of nitrogens with zero attached hydrogens (tertiary/aromatic N) is 1. The molecular formula is C16H13NO4S. The summed E-state index contributed by atoms with van der Waals surface area (Å²) in [5.74, 6) is 0. The third-order valence-electron chi connectivity index (χ3n) is 3.37. The van der Waals surface area contributed by atoms with Gasteiger partial charge in [-0.05, 0) is 36.4 Å². The van der Waals surface area contributed by atoms with Crippen LogP contribution in [0.5, 0.6) is 0 Å². The van der Waals surface area contributed by atoms with E-state index in [4.69, 9.17) is 4.42 Å². The van der Waals surface area contributed by atoms with Gasteiger partial charge >= 0.3 is 5.63 Å². The number of para-hydroxylation sites is 1. The molecule has 0 fully saturated rings. The van der Waals surface area contributed by atoms with Gasteiger partial charge in [0.25, 0.3) is 10.0 Å². The first-order chi connectivity index (χ1) is 10.5. The molecule has 0 radical (unpaired) electrons. The van der Waals surface area contributed by atoms with E-state index in [0.717, 1.165) is 0 Å². The van der Waals surface area contributed by atoms with Crippen molar-refractivity contribution in [3.05, 3.63) is 71.1 Å². The van der Waals surface area contributed by atoms with Crippen molar-refractivity contribution in [3.63, 3.8) is 0 Å². The first-order valence-corrected chi connectivity index (χ1v) is 8.00. The van der Waals surface area contributed by atoms with Gasteiger partial charge in [0, 0.05) is 18.5 Å². The average Bonchev–Trinajstić information content (AvgIpc) is 2.54. The predicted octanol–water partition coefficient (Wildman–Crippen LogP) is 2.62. The van der Waals surface area contributed by atoms with Gasteiger partial charge in [0.2, 0.25) is 0 Å². The maximum atomic E-state index is 12.7. The zero-order chi connectivity index (χ0) is 15.7. The Balaban J connectivity index is 2.09. The Morgan fingerprint density at radius 1 is 0.955 bits per heavy atom. The van der Waals surface area contributed by atoms with E-state index in [2.05, 4.69) is 0 Å². The van der Waals surface area contributed by atoms with Gasteiger partial charge in [-0.15, -0.1) is 0 Å². The minimum Gasteiger partial charge on any atom is -0.423 e. The van der Waals surface area contributed by atoms with Crippen molar-refractivity contribution in [1.29, 1.82) is 0 Å². The summed E-state index contributed by atoms with van der Waals surface area (Å²) in [5, 5.41) is 0.558. The average molecular weight is 315 g/mol. The van der Waals surface area contributed by atoms with E-state index >= 15 is 0 Å². The van der Waals surface area contributed by atoms with Crippen LogP contribution in [0.25, 0.3) is 11.0 Å². The molecule has 112 valence electrons. The highest BCUT2D eigenvalue weighted by atomic mass is 32.2. The van der Waals surface area contributed by atoms with E-state index < -0.39 is 15.6 Å². The van der Waals surface area contributed by atoms with Crippen molar-refractivity contribution < 1.29 is 12.8 Å². The molecule has 3 aromatic rings. The third-order valence-corrected chi connectivity index (χ3v) is 5.15. The highest BCUT2D eigenvalue weighted by molar-refractivity contribution is 7.92. The first kappa shape index (κ1) is 14.3. The lowest BCUT2D eigenvalue weighted by Gasteiger charge is -2.19. The van der Waals surface area contributed by atoms with Gasteiger partial charge in [-0.1, -0.05) is 18.2 Å². The molecule has 0 aliphatic carbocycles. The number of hydrogen-bond acceptors (Lipinski definition) is 4. The second-order valence-electron chi connectivity index (χ2n) is 4.76. The van der Waals surface area contributed by atoms with Crippen LogP contribution in [0, 0.1) is 0 Å². The van der Waals surface area contributed by atoms with Crippen LogP contribution in [0.1, 0.15) is 0 Å². The summed E-state index contributed by atoms with van der Waals surface area (Å²) in [6.45, 7) is 0.